The van der Waals surface area contributed by atoms with Gasteiger partial charge in [-0.1, -0.05) is 18.2 Å². The van der Waals surface area contributed by atoms with Crippen molar-refractivity contribution in [3.63, 3.8) is 0 Å². The molecule has 1 saturated carbocycles. The summed E-state index contributed by atoms with van der Waals surface area (Å²) in [6, 6.07) is 7.83. The molecular formula is C15H21NO3. The van der Waals surface area contributed by atoms with Gasteiger partial charge in [-0.3, -0.25) is 4.79 Å². The minimum absolute atomic E-state index is 0.0369. The molecule has 19 heavy (non-hydrogen) atoms. The molecule has 1 amide bonds. The first kappa shape index (κ1) is 13.9. The van der Waals surface area contributed by atoms with Crippen molar-refractivity contribution in [3.8, 4) is 5.75 Å². The fraction of sp³-hybridized carbons (Fsp3) is 0.533. The molecule has 1 aromatic carbocycles. The first-order valence-corrected chi connectivity index (χ1v) is 6.61. The van der Waals surface area contributed by atoms with Gasteiger partial charge < -0.3 is 14.7 Å². The Morgan fingerprint density at radius 1 is 1.42 bits per heavy atom. The van der Waals surface area contributed by atoms with Gasteiger partial charge in [-0.05, 0) is 30.9 Å². The molecular weight excluding hydrogens is 242 g/mol. The van der Waals surface area contributed by atoms with Crippen LogP contribution < -0.4 is 4.74 Å². The molecule has 1 aromatic rings. The maximum atomic E-state index is 12.2. The average Bonchev–Trinajstić information content (AvgIpc) is 3.25. The highest BCUT2D eigenvalue weighted by atomic mass is 16.5. The molecule has 4 nitrogen and oxygen atoms in total. The predicted molar refractivity (Wildman–Crippen MR) is 73.1 cm³/mol. The van der Waals surface area contributed by atoms with E-state index in [0.29, 0.717) is 6.54 Å². The Kier molecular flexibility index (Phi) is 4.10. The minimum atomic E-state index is -0.477. The standard InChI is InChI=1S/C15H21NO3/c1-16(14(18)15(11-17)8-9-15)10-7-12-5-3-4-6-13(12)19-2/h3-6,17H,7-11H2,1-2H3. The lowest BCUT2D eigenvalue weighted by molar-refractivity contribution is -0.137. The summed E-state index contributed by atoms with van der Waals surface area (Å²) in [6.07, 6.45) is 2.37. The van der Waals surface area contributed by atoms with Gasteiger partial charge in [0.2, 0.25) is 5.91 Å². The molecule has 0 saturated heterocycles. The van der Waals surface area contributed by atoms with Gasteiger partial charge >= 0.3 is 0 Å². The summed E-state index contributed by atoms with van der Waals surface area (Å²) in [6.45, 7) is 0.603. The number of aliphatic hydroxyl groups excluding tert-OH is 1. The monoisotopic (exact) mass is 263 g/mol. The van der Waals surface area contributed by atoms with Crippen LogP contribution in [-0.4, -0.2) is 43.2 Å². The molecule has 1 aliphatic carbocycles. The third kappa shape index (κ3) is 2.89. The molecule has 0 radical (unpaired) electrons. The zero-order valence-corrected chi connectivity index (χ0v) is 11.6. The molecule has 4 heteroatoms. The highest BCUT2D eigenvalue weighted by molar-refractivity contribution is 5.85. The number of amides is 1. The first-order chi connectivity index (χ1) is 9.13. The number of ether oxygens (including phenoxy) is 1. The van der Waals surface area contributed by atoms with Crippen LogP contribution in [0.25, 0.3) is 0 Å². The van der Waals surface area contributed by atoms with Crippen LogP contribution >= 0.6 is 0 Å². The summed E-state index contributed by atoms with van der Waals surface area (Å²) in [7, 11) is 3.45. The number of para-hydroxylation sites is 1. The second-order valence-electron chi connectivity index (χ2n) is 5.23. The molecule has 0 unspecified atom stereocenters. The van der Waals surface area contributed by atoms with Crippen LogP contribution in [0.3, 0.4) is 0 Å². The molecule has 0 aliphatic heterocycles. The van der Waals surface area contributed by atoms with Gasteiger partial charge in [0.1, 0.15) is 5.75 Å². The van der Waals surface area contributed by atoms with E-state index >= 15 is 0 Å². The van der Waals surface area contributed by atoms with E-state index in [4.69, 9.17) is 4.74 Å². The molecule has 2 rings (SSSR count). The normalized spacial score (nSPS) is 15.9. The second-order valence-corrected chi connectivity index (χ2v) is 5.23. The molecule has 0 heterocycles. The second kappa shape index (κ2) is 5.61. The van der Waals surface area contributed by atoms with Crippen molar-refractivity contribution in [1.29, 1.82) is 0 Å². The fourth-order valence-corrected chi connectivity index (χ4v) is 2.29. The SMILES string of the molecule is COc1ccccc1CCN(C)C(=O)C1(CO)CC1. The number of methoxy groups -OCH3 is 1. The van der Waals surface area contributed by atoms with Crippen molar-refractivity contribution in [2.45, 2.75) is 19.3 Å². The van der Waals surface area contributed by atoms with Crippen molar-refractivity contribution in [3.05, 3.63) is 29.8 Å². The zero-order valence-electron chi connectivity index (χ0n) is 11.6. The van der Waals surface area contributed by atoms with Crippen LogP contribution in [0.2, 0.25) is 0 Å². The lowest BCUT2D eigenvalue weighted by atomic mass is 10.1. The van der Waals surface area contributed by atoms with E-state index in [9.17, 15) is 9.90 Å². The Labute approximate surface area is 114 Å². The smallest absolute Gasteiger partial charge is 0.230 e. The lowest BCUT2D eigenvalue weighted by Gasteiger charge is -2.22. The molecule has 0 bridgehead atoms. The van der Waals surface area contributed by atoms with Crippen LogP contribution in [0.15, 0.2) is 24.3 Å². The molecule has 0 spiro atoms. The first-order valence-electron chi connectivity index (χ1n) is 6.61. The average molecular weight is 263 g/mol. The van der Waals surface area contributed by atoms with Crippen LogP contribution in [-0.2, 0) is 11.2 Å². The largest absolute Gasteiger partial charge is 0.496 e. The Balaban J connectivity index is 1.93. The van der Waals surface area contributed by atoms with Gasteiger partial charge in [-0.2, -0.15) is 0 Å². The fourth-order valence-electron chi connectivity index (χ4n) is 2.29. The van der Waals surface area contributed by atoms with Crippen molar-refractivity contribution >= 4 is 5.91 Å². The zero-order chi connectivity index (χ0) is 13.9. The van der Waals surface area contributed by atoms with Crippen LogP contribution in [0.5, 0.6) is 5.75 Å². The van der Waals surface area contributed by atoms with Gasteiger partial charge in [0.05, 0.1) is 19.1 Å². The summed E-state index contributed by atoms with van der Waals surface area (Å²) in [5.41, 5.74) is 0.619. The maximum Gasteiger partial charge on any atom is 0.230 e. The summed E-state index contributed by atoms with van der Waals surface area (Å²) < 4.78 is 5.30. The van der Waals surface area contributed by atoms with Crippen LogP contribution in [0, 0.1) is 5.41 Å². The highest BCUT2D eigenvalue weighted by Gasteiger charge is 2.50. The van der Waals surface area contributed by atoms with E-state index in [1.165, 1.54) is 0 Å². The quantitative estimate of drug-likeness (QED) is 0.845. The van der Waals surface area contributed by atoms with Gasteiger partial charge in [-0.15, -0.1) is 0 Å². The Morgan fingerprint density at radius 2 is 2.11 bits per heavy atom. The predicted octanol–water partition coefficient (Wildman–Crippen LogP) is 1.47. The number of likely N-dealkylation sites (N-methyl/N-ethyl adjacent to an activating group) is 1. The Morgan fingerprint density at radius 3 is 2.68 bits per heavy atom. The van der Waals surface area contributed by atoms with Crippen LogP contribution in [0.1, 0.15) is 18.4 Å². The van der Waals surface area contributed by atoms with Crippen molar-refractivity contribution in [2.24, 2.45) is 5.41 Å². The summed E-state index contributed by atoms with van der Waals surface area (Å²) in [4.78, 5) is 13.9. The number of hydrogen-bond acceptors (Lipinski definition) is 3. The number of benzene rings is 1. The van der Waals surface area contributed by atoms with Gasteiger partial charge in [0.25, 0.3) is 0 Å². The van der Waals surface area contributed by atoms with E-state index in [1.807, 2.05) is 24.3 Å². The minimum Gasteiger partial charge on any atom is -0.496 e. The lowest BCUT2D eigenvalue weighted by Crippen LogP contribution is -2.37. The molecule has 1 N–H and O–H groups in total. The summed E-state index contributed by atoms with van der Waals surface area (Å²) in [5, 5.41) is 9.28. The van der Waals surface area contributed by atoms with E-state index in [1.54, 1.807) is 19.1 Å². The van der Waals surface area contributed by atoms with Gasteiger partial charge in [-0.25, -0.2) is 0 Å². The Hall–Kier alpha value is -1.55. The number of hydrogen-bond donors (Lipinski definition) is 1. The molecule has 1 fully saturated rings. The number of nitrogens with zero attached hydrogens (tertiary/aromatic N) is 1. The van der Waals surface area contributed by atoms with E-state index in [2.05, 4.69) is 0 Å². The third-order valence-corrected chi connectivity index (χ3v) is 3.87. The van der Waals surface area contributed by atoms with E-state index in [0.717, 1.165) is 30.6 Å². The van der Waals surface area contributed by atoms with E-state index in [-0.39, 0.29) is 12.5 Å². The topological polar surface area (TPSA) is 49.8 Å². The number of aliphatic hydroxyl groups is 1. The number of carbonyl (C=O) groups is 1. The number of carbonyl (C=O) groups excluding carboxylic acids is 1. The summed E-state index contributed by atoms with van der Waals surface area (Å²) in [5.74, 6) is 0.913. The highest BCUT2D eigenvalue weighted by Crippen LogP contribution is 2.46. The van der Waals surface area contributed by atoms with Crippen molar-refractivity contribution in [1.82, 2.24) is 4.90 Å². The van der Waals surface area contributed by atoms with Crippen molar-refractivity contribution in [2.75, 3.05) is 27.3 Å². The maximum absolute atomic E-state index is 12.2. The van der Waals surface area contributed by atoms with Crippen molar-refractivity contribution < 1.29 is 14.6 Å². The number of rotatable bonds is 6. The molecule has 1 aliphatic rings. The summed E-state index contributed by atoms with van der Waals surface area (Å²) >= 11 is 0. The Bertz CT molecular complexity index is 454. The van der Waals surface area contributed by atoms with E-state index < -0.39 is 5.41 Å². The molecule has 0 aromatic heterocycles. The van der Waals surface area contributed by atoms with Gasteiger partial charge in [0.15, 0.2) is 0 Å². The van der Waals surface area contributed by atoms with Crippen LogP contribution in [0.4, 0.5) is 0 Å². The molecule has 0 atom stereocenters. The van der Waals surface area contributed by atoms with Gasteiger partial charge in [0, 0.05) is 13.6 Å². The molecule has 104 valence electrons. The third-order valence-electron chi connectivity index (χ3n) is 3.87.